The van der Waals surface area contributed by atoms with Crippen LogP contribution in [0.2, 0.25) is 0 Å². The third-order valence-corrected chi connectivity index (χ3v) is 4.20. The molecule has 0 aliphatic carbocycles. The van der Waals surface area contributed by atoms with Gasteiger partial charge in [0.05, 0.1) is 0 Å². The lowest BCUT2D eigenvalue weighted by Crippen LogP contribution is -2.34. The number of carbonyl (C=O) groups is 1. The first-order valence-electron chi connectivity index (χ1n) is 7.45. The van der Waals surface area contributed by atoms with Crippen molar-refractivity contribution in [2.24, 2.45) is 11.7 Å². The molecule has 2 N–H and O–H groups in total. The summed E-state index contributed by atoms with van der Waals surface area (Å²) in [6.45, 7) is 3.29. The molecule has 0 spiro atoms. The van der Waals surface area contributed by atoms with Gasteiger partial charge in [-0.1, -0.05) is 0 Å². The number of amides is 1. The minimum Gasteiger partial charge on any atom is -0.451 e. The highest BCUT2D eigenvalue weighted by Gasteiger charge is 2.33. The largest absolute Gasteiger partial charge is 0.451 e. The highest BCUT2D eigenvalue weighted by Crippen LogP contribution is 2.27. The van der Waals surface area contributed by atoms with Gasteiger partial charge in [0.1, 0.15) is 11.6 Å². The van der Waals surface area contributed by atoms with Crippen molar-refractivity contribution in [3.8, 4) is 11.3 Å². The van der Waals surface area contributed by atoms with Crippen LogP contribution in [0.15, 0.2) is 40.8 Å². The van der Waals surface area contributed by atoms with Crippen LogP contribution in [0.25, 0.3) is 11.3 Å². The summed E-state index contributed by atoms with van der Waals surface area (Å²) in [5.74, 6) is 0.807. The Balaban J connectivity index is 1.79. The van der Waals surface area contributed by atoms with Gasteiger partial charge >= 0.3 is 0 Å². The second kappa shape index (κ2) is 5.93. The average molecular weight is 302 g/mol. The zero-order chi connectivity index (χ0) is 15.7. The van der Waals surface area contributed by atoms with Crippen LogP contribution in [0.5, 0.6) is 0 Å². The number of benzene rings is 1. The topological polar surface area (TPSA) is 59.5 Å². The van der Waals surface area contributed by atoms with Gasteiger partial charge in [-0.3, -0.25) is 4.79 Å². The summed E-state index contributed by atoms with van der Waals surface area (Å²) in [5, 5.41) is 0. The number of likely N-dealkylation sites (tertiary alicyclic amines) is 1. The number of rotatable bonds is 3. The van der Waals surface area contributed by atoms with Gasteiger partial charge in [0.15, 0.2) is 5.76 Å². The highest BCUT2D eigenvalue weighted by atomic mass is 19.1. The molecule has 1 fully saturated rings. The van der Waals surface area contributed by atoms with E-state index in [1.54, 1.807) is 24.3 Å². The van der Waals surface area contributed by atoms with Crippen molar-refractivity contribution in [2.75, 3.05) is 13.1 Å². The first kappa shape index (κ1) is 14.8. The molecule has 2 unspecified atom stereocenters. The molecule has 4 nitrogen and oxygen atoms in total. The fourth-order valence-electron chi connectivity index (χ4n) is 2.96. The molecular formula is C17H19FN2O2. The van der Waals surface area contributed by atoms with E-state index in [4.69, 9.17) is 10.2 Å². The third-order valence-electron chi connectivity index (χ3n) is 4.20. The van der Waals surface area contributed by atoms with Crippen LogP contribution in [-0.2, 0) is 0 Å². The molecular weight excluding hydrogens is 283 g/mol. The number of carbonyl (C=O) groups excluding carboxylic acids is 1. The Bertz CT molecular complexity index is 666. The zero-order valence-corrected chi connectivity index (χ0v) is 12.5. The lowest BCUT2D eigenvalue weighted by atomic mass is 10.1. The molecule has 0 bridgehead atoms. The number of nitrogens with two attached hydrogens (primary N) is 1. The fraction of sp³-hybridized carbons (Fsp3) is 0.353. The van der Waals surface area contributed by atoms with Crippen molar-refractivity contribution >= 4 is 5.91 Å². The molecule has 5 heteroatoms. The van der Waals surface area contributed by atoms with Crippen LogP contribution in [-0.4, -0.2) is 29.9 Å². The number of nitrogens with zero attached hydrogens (tertiary/aromatic N) is 1. The Labute approximate surface area is 128 Å². The highest BCUT2D eigenvalue weighted by molar-refractivity contribution is 5.92. The maximum absolute atomic E-state index is 13.0. The lowest BCUT2D eigenvalue weighted by molar-refractivity contribution is 0.0712. The van der Waals surface area contributed by atoms with Gasteiger partial charge < -0.3 is 15.1 Å². The predicted octanol–water partition coefficient (Wildman–Crippen LogP) is 2.90. The molecule has 116 valence electrons. The Morgan fingerprint density at radius 3 is 2.68 bits per heavy atom. The Hall–Kier alpha value is -2.14. The first-order valence-corrected chi connectivity index (χ1v) is 7.45. The van der Waals surface area contributed by atoms with Crippen molar-refractivity contribution in [1.82, 2.24) is 4.90 Å². The maximum Gasteiger partial charge on any atom is 0.289 e. The summed E-state index contributed by atoms with van der Waals surface area (Å²) < 4.78 is 18.6. The van der Waals surface area contributed by atoms with Crippen LogP contribution in [0.1, 0.15) is 23.9 Å². The van der Waals surface area contributed by atoms with Crippen molar-refractivity contribution in [2.45, 2.75) is 19.4 Å². The second-order valence-corrected chi connectivity index (χ2v) is 5.81. The predicted molar refractivity (Wildman–Crippen MR) is 81.8 cm³/mol. The van der Waals surface area contributed by atoms with Crippen LogP contribution in [0.3, 0.4) is 0 Å². The lowest BCUT2D eigenvalue weighted by Gasteiger charge is -2.20. The molecule has 1 aromatic heterocycles. The van der Waals surface area contributed by atoms with E-state index < -0.39 is 0 Å². The van der Waals surface area contributed by atoms with Crippen molar-refractivity contribution in [3.05, 3.63) is 48.0 Å². The normalized spacial score (nSPS) is 21.3. The monoisotopic (exact) mass is 302 g/mol. The molecule has 1 amide bonds. The summed E-state index contributed by atoms with van der Waals surface area (Å²) in [6, 6.07) is 9.57. The molecule has 2 heterocycles. The minimum atomic E-state index is -0.301. The Kier molecular flexibility index (Phi) is 3.98. The smallest absolute Gasteiger partial charge is 0.289 e. The number of hydrogen-bond donors (Lipinski definition) is 1. The summed E-state index contributed by atoms with van der Waals surface area (Å²) in [5.41, 5.74) is 6.44. The molecule has 0 saturated carbocycles. The van der Waals surface area contributed by atoms with Crippen LogP contribution in [0.4, 0.5) is 4.39 Å². The van der Waals surface area contributed by atoms with Gasteiger partial charge in [-0.2, -0.15) is 0 Å². The number of halogens is 1. The molecule has 1 aliphatic heterocycles. The summed E-state index contributed by atoms with van der Waals surface area (Å²) in [6.07, 6.45) is 0.924. The SMILES string of the molecule is CC1CC(CN)CN1C(=O)c1ccc(-c2ccc(F)cc2)o1. The number of furan rings is 1. The summed E-state index contributed by atoms with van der Waals surface area (Å²) in [7, 11) is 0. The van der Waals surface area contributed by atoms with Gasteiger partial charge in [0.2, 0.25) is 0 Å². The third kappa shape index (κ3) is 2.76. The van der Waals surface area contributed by atoms with Gasteiger partial charge in [0.25, 0.3) is 5.91 Å². The van der Waals surface area contributed by atoms with Gasteiger partial charge in [0, 0.05) is 18.2 Å². The van der Waals surface area contributed by atoms with Gasteiger partial charge in [-0.25, -0.2) is 4.39 Å². The van der Waals surface area contributed by atoms with Gasteiger partial charge in [-0.15, -0.1) is 0 Å². The van der Waals surface area contributed by atoms with Crippen LogP contribution < -0.4 is 5.73 Å². The van der Waals surface area contributed by atoms with Crippen molar-refractivity contribution in [1.29, 1.82) is 0 Å². The maximum atomic E-state index is 13.0. The molecule has 2 atom stereocenters. The molecule has 0 radical (unpaired) electrons. The molecule has 3 rings (SSSR count). The average Bonchev–Trinajstić information content (AvgIpc) is 3.14. The Morgan fingerprint density at radius 1 is 1.32 bits per heavy atom. The van der Waals surface area contributed by atoms with E-state index in [0.717, 1.165) is 12.0 Å². The van der Waals surface area contributed by atoms with Crippen molar-refractivity contribution < 1.29 is 13.6 Å². The van der Waals surface area contributed by atoms with Crippen LogP contribution >= 0.6 is 0 Å². The fourth-order valence-corrected chi connectivity index (χ4v) is 2.96. The van der Waals surface area contributed by atoms with E-state index in [0.29, 0.717) is 30.5 Å². The van der Waals surface area contributed by atoms with Gasteiger partial charge in [-0.05, 0) is 62.2 Å². The summed E-state index contributed by atoms with van der Waals surface area (Å²) >= 11 is 0. The van der Waals surface area contributed by atoms with E-state index in [9.17, 15) is 9.18 Å². The molecule has 1 aliphatic rings. The zero-order valence-electron chi connectivity index (χ0n) is 12.5. The van der Waals surface area contributed by atoms with E-state index in [1.165, 1.54) is 12.1 Å². The van der Waals surface area contributed by atoms with E-state index in [-0.39, 0.29) is 17.8 Å². The molecule has 2 aromatic rings. The minimum absolute atomic E-state index is 0.114. The number of hydrogen-bond acceptors (Lipinski definition) is 3. The van der Waals surface area contributed by atoms with E-state index >= 15 is 0 Å². The van der Waals surface area contributed by atoms with Crippen molar-refractivity contribution in [3.63, 3.8) is 0 Å². The molecule has 1 aromatic carbocycles. The standard InChI is InChI=1S/C17H19FN2O2/c1-11-8-12(9-19)10-20(11)17(21)16-7-6-15(22-16)13-2-4-14(18)5-3-13/h2-7,11-12H,8-10,19H2,1H3. The second-order valence-electron chi connectivity index (χ2n) is 5.81. The first-order chi connectivity index (χ1) is 10.6. The van der Waals surface area contributed by atoms with E-state index in [2.05, 4.69) is 0 Å². The van der Waals surface area contributed by atoms with Crippen LogP contribution in [0, 0.1) is 11.7 Å². The quantitative estimate of drug-likeness (QED) is 0.948. The Morgan fingerprint density at radius 2 is 2.05 bits per heavy atom. The summed E-state index contributed by atoms with van der Waals surface area (Å²) in [4.78, 5) is 14.4. The molecule has 22 heavy (non-hydrogen) atoms. The molecule has 1 saturated heterocycles. The van der Waals surface area contributed by atoms with E-state index in [1.807, 2.05) is 11.8 Å².